The van der Waals surface area contributed by atoms with E-state index in [1.54, 1.807) is 14.2 Å². The van der Waals surface area contributed by atoms with Crippen molar-refractivity contribution in [3.05, 3.63) is 23.8 Å². The highest BCUT2D eigenvalue weighted by atomic mass is 16.5. The monoisotopic (exact) mass is 339 g/mol. The van der Waals surface area contributed by atoms with Crippen LogP contribution in [-0.2, 0) is 16.0 Å². The third-order valence-electron chi connectivity index (χ3n) is 4.15. The number of amides is 1. The molecule has 134 valence electrons. The molecule has 0 bridgehead atoms. The Bertz CT molecular complexity index is 550. The van der Waals surface area contributed by atoms with Gasteiger partial charge in [0.05, 0.1) is 33.5 Å². The van der Waals surface area contributed by atoms with Crippen molar-refractivity contribution in [2.45, 2.75) is 25.0 Å². The Labute approximate surface area is 141 Å². The van der Waals surface area contributed by atoms with Crippen LogP contribution in [0.3, 0.4) is 0 Å². The first-order valence-electron chi connectivity index (χ1n) is 7.96. The van der Waals surface area contributed by atoms with Crippen molar-refractivity contribution in [2.75, 3.05) is 34.0 Å². The molecule has 24 heavy (non-hydrogen) atoms. The zero-order valence-corrected chi connectivity index (χ0v) is 14.0. The highest BCUT2D eigenvalue weighted by Gasteiger charge is 2.31. The van der Waals surface area contributed by atoms with Gasteiger partial charge in [0, 0.05) is 18.9 Å². The summed E-state index contributed by atoms with van der Waals surface area (Å²) in [4.78, 5) is 12.0. The third-order valence-corrected chi connectivity index (χ3v) is 4.15. The van der Waals surface area contributed by atoms with Crippen molar-refractivity contribution in [3.8, 4) is 11.5 Å². The predicted octanol–water partition coefficient (Wildman–Crippen LogP) is 0.121. The van der Waals surface area contributed by atoms with E-state index in [1.165, 1.54) is 0 Å². The van der Waals surface area contributed by atoms with E-state index < -0.39 is 12.2 Å². The number of hydrogen-bond acceptors (Lipinski definition) is 6. The number of carbonyl (C=O) groups is 1. The summed E-state index contributed by atoms with van der Waals surface area (Å²) in [6.45, 7) is 0.738. The molecule has 0 aromatic heterocycles. The minimum Gasteiger partial charge on any atom is -0.493 e. The van der Waals surface area contributed by atoms with Gasteiger partial charge in [0.25, 0.3) is 0 Å². The van der Waals surface area contributed by atoms with E-state index in [0.29, 0.717) is 30.9 Å². The summed E-state index contributed by atoms with van der Waals surface area (Å²) in [5.41, 5.74) is 0.972. The van der Waals surface area contributed by atoms with Gasteiger partial charge in [-0.05, 0) is 24.1 Å². The summed E-state index contributed by atoms with van der Waals surface area (Å²) in [6, 6.07) is 5.55. The molecule has 1 aromatic rings. The molecule has 3 atom stereocenters. The molecule has 1 heterocycles. The lowest BCUT2D eigenvalue weighted by molar-refractivity contribution is -0.128. The van der Waals surface area contributed by atoms with Crippen LogP contribution >= 0.6 is 0 Å². The number of hydrogen-bond donors (Lipinski definition) is 3. The lowest BCUT2D eigenvalue weighted by Crippen LogP contribution is -2.48. The fraction of sp³-hybridized carbons (Fsp3) is 0.588. The molecule has 2 rings (SSSR count). The topological polar surface area (TPSA) is 97.3 Å². The highest BCUT2D eigenvalue weighted by molar-refractivity contribution is 5.76. The number of aliphatic hydroxyl groups excluding tert-OH is 2. The average Bonchev–Trinajstić information content (AvgIpc) is 2.60. The molecule has 1 amide bonds. The molecule has 3 N–H and O–H groups in total. The van der Waals surface area contributed by atoms with E-state index in [4.69, 9.17) is 14.2 Å². The number of carbonyl (C=O) groups excluding carboxylic acids is 1. The van der Waals surface area contributed by atoms with Crippen LogP contribution in [0.15, 0.2) is 18.2 Å². The highest BCUT2D eigenvalue weighted by Crippen LogP contribution is 2.27. The molecule has 1 aliphatic heterocycles. The van der Waals surface area contributed by atoms with E-state index in [2.05, 4.69) is 5.32 Å². The van der Waals surface area contributed by atoms with Crippen LogP contribution in [-0.4, -0.2) is 62.3 Å². The minimum atomic E-state index is -0.896. The van der Waals surface area contributed by atoms with Crippen LogP contribution in [0.25, 0.3) is 0 Å². The molecule has 7 heteroatoms. The van der Waals surface area contributed by atoms with Gasteiger partial charge in [-0.2, -0.15) is 0 Å². The van der Waals surface area contributed by atoms with Crippen LogP contribution in [0.2, 0.25) is 0 Å². The van der Waals surface area contributed by atoms with E-state index in [-0.39, 0.29) is 25.0 Å². The van der Waals surface area contributed by atoms with E-state index in [9.17, 15) is 15.0 Å². The van der Waals surface area contributed by atoms with Crippen LogP contribution in [0.4, 0.5) is 0 Å². The third kappa shape index (κ3) is 4.83. The first kappa shape index (κ1) is 18.5. The summed E-state index contributed by atoms with van der Waals surface area (Å²) in [6.07, 6.45) is -0.877. The molecular formula is C17H25NO6. The number of methoxy groups -OCH3 is 2. The number of benzene rings is 1. The van der Waals surface area contributed by atoms with Crippen LogP contribution in [0, 0.1) is 5.92 Å². The van der Waals surface area contributed by atoms with Gasteiger partial charge < -0.3 is 29.7 Å². The van der Waals surface area contributed by atoms with Crippen molar-refractivity contribution < 1.29 is 29.2 Å². The van der Waals surface area contributed by atoms with Gasteiger partial charge in [0.15, 0.2) is 11.5 Å². The zero-order chi connectivity index (χ0) is 17.5. The van der Waals surface area contributed by atoms with E-state index in [1.807, 2.05) is 18.2 Å². The average molecular weight is 339 g/mol. The summed E-state index contributed by atoms with van der Waals surface area (Å²) in [7, 11) is 3.14. The maximum absolute atomic E-state index is 12.0. The first-order chi connectivity index (χ1) is 11.5. The van der Waals surface area contributed by atoms with Gasteiger partial charge >= 0.3 is 0 Å². The standard InChI is InChI=1S/C17H25NO6/c1-22-14-5-3-11(7-15(14)23-2)4-6-16(20)18-8-12-9-24-10-13(19)17(12)21/h3,5,7,12-13,17,19,21H,4,6,8-10H2,1-2H3,(H,18,20)/t12-,13-,17+/m1/s1. The number of rotatable bonds is 7. The summed E-state index contributed by atoms with van der Waals surface area (Å²) in [5.74, 6) is 0.873. The van der Waals surface area contributed by atoms with Crippen LogP contribution in [0.1, 0.15) is 12.0 Å². The SMILES string of the molecule is COc1ccc(CCC(=O)NC[C@@H]2COC[C@@H](O)[C@H]2O)cc1OC. The molecule has 1 saturated heterocycles. The molecular weight excluding hydrogens is 314 g/mol. The molecule has 7 nitrogen and oxygen atoms in total. The fourth-order valence-electron chi connectivity index (χ4n) is 2.66. The first-order valence-corrected chi connectivity index (χ1v) is 7.96. The summed E-state index contributed by atoms with van der Waals surface area (Å²) in [5, 5.41) is 22.2. The van der Waals surface area contributed by atoms with Crippen molar-refractivity contribution in [2.24, 2.45) is 5.92 Å². The Hall–Kier alpha value is -1.83. The number of aryl methyl sites for hydroxylation is 1. The molecule has 1 aromatic carbocycles. The Morgan fingerprint density at radius 3 is 2.71 bits per heavy atom. The van der Waals surface area contributed by atoms with Crippen molar-refractivity contribution in [3.63, 3.8) is 0 Å². The van der Waals surface area contributed by atoms with Gasteiger partial charge in [-0.3, -0.25) is 4.79 Å². The van der Waals surface area contributed by atoms with Gasteiger partial charge in [-0.25, -0.2) is 0 Å². The normalized spacial score (nSPS) is 23.6. The van der Waals surface area contributed by atoms with Crippen LogP contribution in [0.5, 0.6) is 11.5 Å². The number of aliphatic hydroxyl groups is 2. The van der Waals surface area contributed by atoms with E-state index >= 15 is 0 Å². The molecule has 1 aliphatic rings. The number of ether oxygens (including phenoxy) is 3. The smallest absolute Gasteiger partial charge is 0.220 e. The molecule has 1 fully saturated rings. The van der Waals surface area contributed by atoms with E-state index in [0.717, 1.165) is 5.56 Å². The maximum atomic E-state index is 12.0. The molecule has 0 aliphatic carbocycles. The summed E-state index contributed by atoms with van der Waals surface area (Å²) < 4.78 is 15.6. The molecule has 0 radical (unpaired) electrons. The van der Waals surface area contributed by atoms with Gasteiger partial charge in [0.1, 0.15) is 6.10 Å². The molecule has 0 spiro atoms. The van der Waals surface area contributed by atoms with Gasteiger partial charge in [-0.1, -0.05) is 6.07 Å². The maximum Gasteiger partial charge on any atom is 0.220 e. The van der Waals surface area contributed by atoms with Crippen molar-refractivity contribution in [1.82, 2.24) is 5.32 Å². The second-order valence-corrected chi connectivity index (χ2v) is 5.85. The van der Waals surface area contributed by atoms with Gasteiger partial charge in [0.2, 0.25) is 5.91 Å². The predicted molar refractivity (Wildman–Crippen MR) is 87.2 cm³/mol. The quantitative estimate of drug-likeness (QED) is 0.653. The zero-order valence-electron chi connectivity index (χ0n) is 14.0. The number of nitrogens with one attached hydrogen (secondary N) is 1. The molecule has 0 unspecified atom stereocenters. The Kier molecular flexibility index (Phi) is 6.84. The second kappa shape index (κ2) is 8.86. The lowest BCUT2D eigenvalue weighted by Gasteiger charge is -2.31. The lowest BCUT2D eigenvalue weighted by atomic mass is 9.96. The Morgan fingerprint density at radius 1 is 1.25 bits per heavy atom. The van der Waals surface area contributed by atoms with Crippen LogP contribution < -0.4 is 14.8 Å². The summed E-state index contributed by atoms with van der Waals surface area (Å²) >= 11 is 0. The fourth-order valence-corrected chi connectivity index (χ4v) is 2.66. The second-order valence-electron chi connectivity index (χ2n) is 5.85. The molecule has 0 saturated carbocycles. The van der Waals surface area contributed by atoms with Crippen molar-refractivity contribution >= 4 is 5.91 Å². The van der Waals surface area contributed by atoms with Gasteiger partial charge in [-0.15, -0.1) is 0 Å². The Balaban J connectivity index is 1.79. The van der Waals surface area contributed by atoms with Crippen molar-refractivity contribution in [1.29, 1.82) is 0 Å². The Morgan fingerprint density at radius 2 is 2.00 bits per heavy atom. The largest absolute Gasteiger partial charge is 0.493 e. The minimum absolute atomic E-state index is 0.114.